The number of alkyl halides is 1. The molecule has 1 heterocycles. The number of hydrogen-bond donors (Lipinski definition) is 0. The Morgan fingerprint density at radius 2 is 2.06 bits per heavy atom. The molecule has 0 atom stereocenters. The van der Waals surface area contributed by atoms with Crippen LogP contribution in [0.3, 0.4) is 0 Å². The third kappa shape index (κ3) is 2.71. The van der Waals surface area contributed by atoms with Crippen LogP contribution in [0.1, 0.15) is 5.76 Å². The van der Waals surface area contributed by atoms with Gasteiger partial charge in [-0.25, -0.2) is 4.39 Å². The van der Waals surface area contributed by atoms with Gasteiger partial charge >= 0.3 is 0 Å². The molecule has 0 radical (unpaired) electrons. The van der Waals surface area contributed by atoms with Gasteiger partial charge in [0.25, 0.3) is 0 Å². The Morgan fingerprint density at radius 1 is 1.28 bits per heavy atom. The molecule has 0 aliphatic carbocycles. The van der Waals surface area contributed by atoms with E-state index in [0.717, 1.165) is 0 Å². The van der Waals surface area contributed by atoms with E-state index in [-0.39, 0.29) is 24.0 Å². The summed E-state index contributed by atoms with van der Waals surface area (Å²) in [7, 11) is 0. The first-order valence-electron chi connectivity index (χ1n) is 5.35. The molecule has 3 nitrogen and oxygen atoms in total. The lowest BCUT2D eigenvalue weighted by Crippen LogP contribution is -2.31. The van der Waals surface area contributed by atoms with E-state index in [4.69, 9.17) is 16.0 Å². The van der Waals surface area contributed by atoms with Crippen LogP contribution in [0.5, 0.6) is 0 Å². The minimum Gasteiger partial charge on any atom is -0.467 e. The highest BCUT2D eigenvalue weighted by Gasteiger charge is 2.19. The predicted octanol–water partition coefficient (Wildman–Crippen LogP) is 3.19. The molecule has 5 heteroatoms. The van der Waals surface area contributed by atoms with E-state index in [9.17, 15) is 9.18 Å². The quantitative estimate of drug-likeness (QED) is 0.797. The van der Waals surface area contributed by atoms with Gasteiger partial charge in [-0.05, 0) is 24.3 Å². The lowest BCUT2D eigenvalue weighted by molar-refractivity contribution is -0.116. The van der Waals surface area contributed by atoms with Gasteiger partial charge in [-0.15, -0.1) is 11.6 Å². The molecule has 0 aliphatic heterocycles. The van der Waals surface area contributed by atoms with Gasteiger partial charge in [-0.2, -0.15) is 0 Å². The number of furan rings is 1. The lowest BCUT2D eigenvalue weighted by atomic mass is 10.2. The summed E-state index contributed by atoms with van der Waals surface area (Å²) in [5.41, 5.74) is 0.194. The fourth-order valence-corrected chi connectivity index (χ4v) is 1.75. The number of rotatable bonds is 4. The monoisotopic (exact) mass is 267 g/mol. The van der Waals surface area contributed by atoms with Crippen LogP contribution >= 0.6 is 11.6 Å². The summed E-state index contributed by atoms with van der Waals surface area (Å²) < 4.78 is 18.9. The van der Waals surface area contributed by atoms with Crippen molar-refractivity contribution >= 4 is 23.2 Å². The summed E-state index contributed by atoms with van der Waals surface area (Å²) in [5.74, 6) is -0.493. The number of hydrogen-bond acceptors (Lipinski definition) is 2. The second-order valence-corrected chi connectivity index (χ2v) is 3.91. The minimum atomic E-state index is -0.470. The van der Waals surface area contributed by atoms with Gasteiger partial charge in [-0.3, -0.25) is 4.79 Å². The number of nitrogens with zero attached hydrogens (tertiary/aromatic N) is 1. The topological polar surface area (TPSA) is 33.5 Å². The normalized spacial score (nSPS) is 10.3. The maximum atomic E-state index is 13.7. The number of para-hydroxylation sites is 1. The molecule has 0 spiro atoms. The zero-order valence-corrected chi connectivity index (χ0v) is 10.2. The lowest BCUT2D eigenvalue weighted by Gasteiger charge is -2.21. The van der Waals surface area contributed by atoms with Crippen molar-refractivity contribution < 1.29 is 13.6 Å². The highest BCUT2D eigenvalue weighted by Crippen LogP contribution is 2.21. The van der Waals surface area contributed by atoms with Crippen molar-refractivity contribution in [2.24, 2.45) is 0 Å². The van der Waals surface area contributed by atoms with Crippen LogP contribution in [0, 0.1) is 5.82 Å². The smallest absolute Gasteiger partial charge is 0.242 e. The summed E-state index contributed by atoms with van der Waals surface area (Å²) in [5, 5.41) is 0. The Balaban J connectivity index is 2.31. The van der Waals surface area contributed by atoms with Crippen LogP contribution in [0.2, 0.25) is 0 Å². The highest BCUT2D eigenvalue weighted by molar-refractivity contribution is 6.29. The van der Waals surface area contributed by atoms with Crippen LogP contribution in [0.15, 0.2) is 47.1 Å². The number of carbonyl (C=O) groups excluding carboxylic acids is 1. The molecule has 2 aromatic rings. The predicted molar refractivity (Wildman–Crippen MR) is 67.0 cm³/mol. The molecule has 0 N–H and O–H groups in total. The van der Waals surface area contributed by atoms with Crippen molar-refractivity contribution in [2.45, 2.75) is 6.54 Å². The largest absolute Gasteiger partial charge is 0.467 e. The minimum absolute atomic E-state index is 0.152. The molecule has 0 saturated heterocycles. The molecule has 0 aliphatic rings. The Labute approximate surface area is 109 Å². The first-order chi connectivity index (χ1) is 8.72. The number of carbonyl (C=O) groups is 1. The van der Waals surface area contributed by atoms with Crippen molar-refractivity contribution in [3.05, 3.63) is 54.2 Å². The van der Waals surface area contributed by atoms with E-state index in [1.165, 1.54) is 23.3 Å². The number of halogens is 2. The molecule has 94 valence electrons. The van der Waals surface area contributed by atoms with Gasteiger partial charge in [0.1, 0.15) is 17.5 Å². The number of benzene rings is 1. The highest BCUT2D eigenvalue weighted by atomic mass is 35.5. The van der Waals surface area contributed by atoms with Gasteiger partial charge in [0.2, 0.25) is 5.91 Å². The average molecular weight is 268 g/mol. The standard InChI is InChI=1S/C13H11ClFNO2/c14-8-13(17)16(9-10-4-3-7-18-10)12-6-2-1-5-11(12)15/h1-7H,8-9H2. The Morgan fingerprint density at radius 3 is 2.67 bits per heavy atom. The fraction of sp³-hybridized carbons (Fsp3) is 0.154. The molecule has 0 saturated carbocycles. The fourth-order valence-electron chi connectivity index (χ4n) is 1.61. The summed E-state index contributed by atoms with van der Waals surface area (Å²) in [6.45, 7) is 0.152. The molecule has 2 rings (SSSR count). The molecule has 18 heavy (non-hydrogen) atoms. The van der Waals surface area contributed by atoms with Crippen molar-refractivity contribution in [1.29, 1.82) is 0 Å². The van der Waals surface area contributed by atoms with Crippen molar-refractivity contribution in [1.82, 2.24) is 0 Å². The van der Waals surface area contributed by atoms with Crippen LogP contribution < -0.4 is 4.90 Å². The maximum absolute atomic E-state index is 13.7. The Kier molecular flexibility index (Phi) is 3.99. The molecule has 1 aromatic heterocycles. The molecule has 0 bridgehead atoms. The Hall–Kier alpha value is -1.81. The van der Waals surface area contributed by atoms with Crippen LogP contribution in [-0.2, 0) is 11.3 Å². The van der Waals surface area contributed by atoms with Crippen molar-refractivity contribution in [2.75, 3.05) is 10.8 Å². The average Bonchev–Trinajstić information content (AvgIpc) is 2.89. The third-order valence-corrected chi connectivity index (χ3v) is 2.68. The van der Waals surface area contributed by atoms with Crippen LogP contribution in [0.4, 0.5) is 10.1 Å². The third-order valence-electron chi connectivity index (χ3n) is 2.45. The molecule has 0 unspecified atom stereocenters. The first-order valence-corrected chi connectivity index (χ1v) is 5.89. The summed E-state index contributed by atoms with van der Waals surface area (Å²) in [6, 6.07) is 9.48. The second-order valence-electron chi connectivity index (χ2n) is 3.64. The zero-order valence-electron chi connectivity index (χ0n) is 9.48. The van der Waals surface area contributed by atoms with E-state index < -0.39 is 5.82 Å². The van der Waals surface area contributed by atoms with E-state index in [2.05, 4.69) is 0 Å². The maximum Gasteiger partial charge on any atom is 0.242 e. The van der Waals surface area contributed by atoms with Crippen molar-refractivity contribution in [3.63, 3.8) is 0 Å². The van der Waals surface area contributed by atoms with Gasteiger partial charge in [0.15, 0.2) is 0 Å². The second kappa shape index (κ2) is 5.69. The van der Waals surface area contributed by atoms with E-state index in [0.29, 0.717) is 5.76 Å². The van der Waals surface area contributed by atoms with Gasteiger partial charge in [0.05, 0.1) is 18.5 Å². The Bertz CT molecular complexity index is 528. The van der Waals surface area contributed by atoms with Gasteiger partial charge in [0, 0.05) is 0 Å². The summed E-state index contributed by atoms with van der Waals surface area (Å²) >= 11 is 5.54. The van der Waals surface area contributed by atoms with Crippen molar-refractivity contribution in [3.8, 4) is 0 Å². The first kappa shape index (κ1) is 12.6. The molecular weight excluding hydrogens is 257 g/mol. The molecule has 1 amide bonds. The van der Waals surface area contributed by atoms with Crippen LogP contribution in [-0.4, -0.2) is 11.8 Å². The molecular formula is C13H11ClFNO2. The molecule has 1 aromatic carbocycles. The number of anilines is 1. The van der Waals surface area contributed by atoms with Gasteiger partial charge < -0.3 is 9.32 Å². The summed E-state index contributed by atoms with van der Waals surface area (Å²) in [6.07, 6.45) is 1.50. The molecule has 0 fully saturated rings. The van der Waals surface area contributed by atoms with E-state index in [1.807, 2.05) is 0 Å². The SMILES string of the molecule is O=C(CCl)N(Cc1ccco1)c1ccccc1F. The van der Waals surface area contributed by atoms with Crippen LogP contribution in [0.25, 0.3) is 0 Å². The van der Waals surface area contributed by atoms with Gasteiger partial charge in [-0.1, -0.05) is 12.1 Å². The van der Waals surface area contributed by atoms with E-state index >= 15 is 0 Å². The van der Waals surface area contributed by atoms with E-state index in [1.54, 1.807) is 24.3 Å². The summed E-state index contributed by atoms with van der Waals surface area (Å²) in [4.78, 5) is 13.0. The zero-order chi connectivity index (χ0) is 13.0. The number of amides is 1.